The molecule has 1 atom stereocenters. The Morgan fingerprint density at radius 3 is 2.95 bits per heavy atom. The zero-order valence-corrected chi connectivity index (χ0v) is 13.0. The van der Waals surface area contributed by atoms with Crippen LogP contribution in [0.15, 0.2) is 30.4 Å². The normalized spacial score (nSPS) is 20.8. The van der Waals surface area contributed by atoms with Crippen molar-refractivity contribution in [2.24, 2.45) is 5.92 Å². The summed E-state index contributed by atoms with van der Waals surface area (Å²) in [5.74, 6) is 0.948. The average molecular weight is 266 g/mol. The molecule has 0 bridgehead atoms. The first-order chi connectivity index (χ1) is 9.69. The Labute approximate surface area is 123 Å². The maximum Gasteiger partial charge on any atom is -0.00549 e. The molecule has 0 saturated heterocycles. The van der Waals surface area contributed by atoms with Gasteiger partial charge in [0.05, 0.1) is 0 Å². The quantitative estimate of drug-likeness (QED) is 0.625. The van der Waals surface area contributed by atoms with E-state index in [-0.39, 0.29) is 0 Å². The summed E-state index contributed by atoms with van der Waals surface area (Å²) in [6.45, 7) is 8.49. The molecule has 2 aliphatic carbocycles. The van der Waals surface area contributed by atoms with Crippen LogP contribution in [0.3, 0.4) is 0 Å². The Morgan fingerprint density at radius 2 is 2.20 bits per heavy atom. The molecule has 0 amide bonds. The van der Waals surface area contributed by atoms with Gasteiger partial charge in [-0.1, -0.05) is 56.0 Å². The molecule has 0 aromatic heterocycles. The van der Waals surface area contributed by atoms with E-state index in [9.17, 15) is 0 Å². The van der Waals surface area contributed by atoms with Gasteiger partial charge in [-0.2, -0.15) is 0 Å². The number of fused-ring (bicyclic) bond motifs is 2. The fraction of sp³-hybridized carbons (Fsp3) is 0.500. The summed E-state index contributed by atoms with van der Waals surface area (Å²) in [4.78, 5) is 0. The molecular formula is C20H26. The predicted octanol–water partition coefficient (Wildman–Crippen LogP) is 6.02. The van der Waals surface area contributed by atoms with Crippen LogP contribution in [0.4, 0.5) is 0 Å². The highest BCUT2D eigenvalue weighted by Gasteiger charge is 2.27. The van der Waals surface area contributed by atoms with Gasteiger partial charge in [0, 0.05) is 0 Å². The molecule has 0 aliphatic heterocycles. The van der Waals surface area contributed by atoms with Crippen molar-refractivity contribution in [3.05, 3.63) is 47.0 Å². The third kappa shape index (κ3) is 2.49. The zero-order chi connectivity index (χ0) is 14.1. The topological polar surface area (TPSA) is 0 Å². The summed E-state index contributed by atoms with van der Waals surface area (Å²) in [7, 11) is 0. The Morgan fingerprint density at radius 1 is 1.35 bits per heavy atom. The van der Waals surface area contributed by atoms with Crippen LogP contribution in [0.1, 0.15) is 69.1 Å². The second-order valence-electron chi connectivity index (χ2n) is 6.66. The number of benzene rings is 1. The lowest BCUT2D eigenvalue weighted by Gasteiger charge is -2.24. The maximum absolute atomic E-state index is 4.08. The summed E-state index contributed by atoms with van der Waals surface area (Å²) in [5.41, 5.74) is 9.00. The molecular weight excluding hydrogens is 240 g/mol. The maximum atomic E-state index is 4.08. The highest BCUT2D eigenvalue weighted by atomic mass is 14.3. The van der Waals surface area contributed by atoms with Gasteiger partial charge < -0.3 is 0 Å². The van der Waals surface area contributed by atoms with Crippen LogP contribution in [0, 0.1) is 5.92 Å². The summed E-state index contributed by atoms with van der Waals surface area (Å²) in [5, 5.41) is 0. The predicted molar refractivity (Wildman–Crippen MR) is 88.6 cm³/mol. The Kier molecular flexibility index (Phi) is 3.83. The van der Waals surface area contributed by atoms with E-state index in [0.29, 0.717) is 0 Å². The first kappa shape index (κ1) is 13.7. The standard InChI is InChI=1S/C20H26/c1-4-5-6-15-7-10-19-18(11-15)12-17-9-8-16(14(2)3)13-20(17)19/h8-9,13,15H,2,4-7,10-12H2,1,3H3. The third-order valence-corrected chi connectivity index (χ3v) is 5.06. The van der Waals surface area contributed by atoms with Gasteiger partial charge in [0.25, 0.3) is 0 Å². The lowest BCUT2D eigenvalue weighted by atomic mass is 9.81. The van der Waals surface area contributed by atoms with Gasteiger partial charge in [0.2, 0.25) is 0 Å². The minimum Gasteiger partial charge on any atom is -0.0955 e. The molecule has 0 radical (unpaired) electrons. The number of unbranched alkanes of at least 4 members (excludes halogenated alkanes) is 1. The summed E-state index contributed by atoms with van der Waals surface area (Å²) < 4.78 is 0. The molecule has 1 aromatic rings. The van der Waals surface area contributed by atoms with E-state index < -0.39 is 0 Å². The third-order valence-electron chi connectivity index (χ3n) is 5.06. The van der Waals surface area contributed by atoms with Crippen LogP contribution in [-0.2, 0) is 6.42 Å². The average Bonchev–Trinajstić information content (AvgIpc) is 2.81. The molecule has 0 heteroatoms. The molecule has 0 heterocycles. The first-order valence-electron chi connectivity index (χ1n) is 8.19. The van der Waals surface area contributed by atoms with Crippen LogP contribution in [0.2, 0.25) is 0 Å². The van der Waals surface area contributed by atoms with Gasteiger partial charge in [0.15, 0.2) is 0 Å². The fourth-order valence-electron chi connectivity index (χ4n) is 3.85. The van der Waals surface area contributed by atoms with E-state index in [0.717, 1.165) is 5.92 Å². The molecule has 106 valence electrons. The SMILES string of the molecule is C=C(C)c1ccc2c(c1)C1=C(C2)CC(CCCC)CC1. The van der Waals surface area contributed by atoms with Crippen LogP contribution in [0.5, 0.6) is 0 Å². The smallest absolute Gasteiger partial charge is 0.00549 e. The van der Waals surface area contributed by atoms with Gasteiger partial charge in [0.1, 0.15) is 0 Å². The minimum absolute atomic E-state index is 0.948. The second-order valence-corrected chi connectivity index (χ2v) is 6.66. The summed E-state index contributed by atoms with van der Waals surface area (Å²) in [6.07, 6.45) is 9.44. The fourth-order valence-corrected chi connectivity index (χ4v) is 3.85. The van der Waals surface area contributed by atoms with E-state index in [4.69, 9.17) is 0 Å². The number of hydrogen-bond acceptors (Lipinski definition) is 0. The Balaban J connectivity index is 1.82. The Hall–Kier alpha value is -1.30. The molecule has 0 spiro atoms. The monoisotopic (exact) mass is 266 g/mol. The summed E-state index contributed by atoms with van der Waals surface area (Å²) in [6, 6.07) is 6.96. The van der Waals surface area contributed by atoms with Crippen molar-refractivity contribution < 1.29 is 0 Å². The number of allylic oxidation sites excluding steroid dienone is 3. The van der Waals surface area contributed by atoms with Gasteiger partial charge in [-0.15, -0.1) is 0 Å². The van der Waals surface area contributed by atoms with Crippen molar-refractivity contribution >= 4 is 11.1 Å². The van der Waals surface area contributed by atoms with E-state index in [2.05, 4.69) is 38.6 Å². The van der Waals surface area contributed by atoms with Gasteiger partial charge in [-0.25, -0.2) is 0 Å². The van der Waals surface area contributed by atoms with Crippen molar-refractivity contribution in [1.29, 1.82) is 0 Å². The highest BCUT2D eigenvalue weighted by Crippen LogP contribution is 2.45. The number of rotatable bonds is 4. The minimum atomic E-state index is 0.948. The van der Waals surface area contributed by atoms with Crippen molar-refractivity contribution in [2.45, 2.75) is 58.8 Å². The van der Waals surface area contributed by atoms with Gasteiger partial charge in [-0.05, 0) is 66.9 Å². The van der Waals surface area contributed by atoms with Crippen LogP contribution < -0.4 is 0 Å². The molecule has 0 nitrogen and oxygen atoms in total. The molecule has 2 aliphatic rings. The van der Waals surface area contributed by atoms with Crippen molar-refractivity contribution in [1.82, 2.24) is 0 Å². The van der Waals surface area contributed by atoms with Gasteiger partial charge >= 0.3 is 0 Å². The van der Waals surface area contributed by atoms with Crippen LogP contribution in [-0.4, -0.2) is 0 Å². The molecule has 1 aromatic carbocycles. The van der Waals surface area contributed by atoms with Crippen LogP contribution >= 0.6 is 0 Å². The molecule has 20 heavy (non-hydrogen) atoms. The molecule has 0 N–H and O–H groups in total. The van der Waals surface area contributed by atoms with E-state index >= 15 is 0 Å². The first-order valence-corrected chi connectivity index (χ1v) is 8.19. The summed E-state index contributed by atoms with van der Waals surface area (Å²) >= 11 is 0. The molecule has 3 rings (SSSR count). The van der Waals surface area contributed by atoms with Crippen molar-refractivity contribution in [3.8, 4) is 0 Å². The zero-order valence-electron chi connectivity index (χ0n) is 13.0. The van der Waals surface area contributed by atoms with Gasteiger partial charge in [-0.3, -0.25) is 0 Å². The lowest BCUT2D eigenvalue weighted by Crippen LogP contribution is -2.08. The largest absolute Gasteiger partial charge is 0.0955 e. The molecule has 0 saturated carbocycles. The van der Waals surface area contributed by atoms with E-state index in [1.54, 1.807) is 16.7 Å². The van der Waals surface area contributed by atoms with Crippen molar-refractivity contribution in [2.75, 3.05) is 0 Å². The highest BCUT2D eigenvalue weighted by molar-refractivity contribution is 5.79. The van der Waals surface area contributed by atoms with E-state index in [1.165, 1.54) is 61.6 Å². The molecule has 0 fully saturated rings. The Bertz CT molecular complexity index is 559. The second kappa shape index (κ2) is 5.60. The number of hydrogen-bond donors (Lipinski definition) is 0. The van der Waals surface area contributed by atoms with Crippen LogP contribution in [0.25, 0.3) is 11.1 Å². The lowest BCUT2D eigenvalue weighted by molar-refractivity contribution is 0.422. The molecule has 1 unspecified atom stereocenters. The van der Waals surface area contributed by atoms with E-state index in [1.807, 2.05) is 0 Å². The van der Waals surface area contributed by atoms with Crippen molar-refractivity contribution in [3.63, 3.8) is 0 Å².